The zero-order chi connectivity index (χ0) is 11.8. The van der Waals surface area contributed by atoms with Gasteiger partial charge >= 0.3 is 0 Å². The van der Waals surface area contributed by atoms with Gasteiger partial charge in [0.05, 0.1) is 6.07 Å². The van der Waals surface area contributed by atoms with Crippen LogP contribution in [0.5, 0.6) is 0 Å². The number of nitrogens with one attached hydrogen (secondary N) is 2. The highest BCUT2D eigenvalue weighted by molar-refractivity contribution is 5.46. The third-order valence-corrected chi connectivity index (χ3v) is 1.88. The van der Waals surface area contributed by atoms with Crippen LogP contribution in [0, 0.1) is 11.3 Å². The number of hydrogen-bond acceptors (Lipinski definition) is 6. The van der Waals surface area contributed by atoms with E-state index in [9.17, 15) is 0 Å². The predicted octanol–water partition coefficient (Wildman–Crippen LogP) is 0.386. The molecule has 1 heterocycles. The highest BCUT2D eigenvalue weighted by Gasteiger charge is 1.97. The van der Waals surface area contributed by atoms with E-state index in [1.807, 2.05) is 20.2 Å². The summed E-state index contributed by atoms with van der Waals surface area (Å²) in [4.78, 5) is 10.2. The highest BCUT2D eigenvalue weighted by atomic mass is 15.1. The van der Waals surface area contributed by atoms with E-state index in [0.717, 1.165) is 18.9 Å². The van der Waals surface area contributed by atoms with Crippen molar-refractivity contribution >= 4 is 11.6 Å². The zero-order valence-corrected chi connectivity index (χ0v) is 9.56. The molecule has 0 radical (unpaired) electrons. The van der Waals surface area contributed by atoms with Crippen LogP contribution >= 0.6 is 0 Å². The Labute approximate surface area is 95.3 Å². The highest BCUT2D eigenvalue weighted by Crippen LogP contribution is 2.07. The molecule has 0 bridgehead atoms. The molecule has 0 spiro atoms. The van der Waals surface area contributed by atoms with E-state index in [1.165, 1.54) is 6.33 Å². The normalized spacial score (nSPS) is 9.88. The molecule has 0 aliphatic rings. The molecule has 1 rings (SSSR count). The van der Waals surface area contributed by atoms with E-state index in [1.54, 1.807) is 6.07 Å². The maximum atomic E-state index is 8.42. The molecule has 2 N–H and O–H groups in total. The van der Waals surface area contributed by atoms with Crippen LogP contribution in [0.25, 0.3) is 0 Å². The molecule has 0 saturated heterocycles. The Hall–Kier alpha value is -1.87. The molecule has 0 amide bonds. The Morgan fingerprint density at radius 3 is 2.62 bits per heavy atom. The maximum absolute atomic E-state index is 8.42. The number of nitrogens with zero attached hydrogens (tertiary/aromatic N) is 4. The molecule has 6 heteroatoms. The maximum Gasteiger partial charge on any atom is 0.132 e. The van der Waals surface area contributed by atoms with Gasteiger partial charge in [0.25, 0.3) is 0 Å². The lowest BCUT2D eigenvalue weighted by Crippen LogP contribution is -2.21. The van der Waals surface area contributed by atoms with Gasteiger partial charge in [0.2, 0.25) is 0 Å². The van der Waals surface area contributed by atoms with E-state index < -0.39 is 0 Å². The topological polar surface area (TPSA) is 76.9 Å². The van der Waals surface area contributed by atoms with Crippen LogP contribution in [-0.4, -0.2) is 48.6 Å². The van der Waals surface area contributed by atoms with Crippen LogP contribution in [0.2, 0.25) is 0 Å². The number of aromatic nitrogens is 2. The van der Waals surface area contributed by atoms with Crippen LogP contribution < -0.4 is 10.6 Å². The molecule has 0 atom stereocenters. The monoisotopic (exact) mass is 220 g/mol. The summed E-state index contributed by atoms with van der Waals surface area (Å²) in [5, 5.41) is 14.5. The fourth-order valence-corrected chi connectivity index (χ4v) is 1.09. The quantitative estimate of drug-likeness (QED) is 0.675. The van der Waals surface area contributed by atoms with Crippen molar-refractivity contribution in [1.82, 2.24) is 14.9 Å². The summed E-state index contributed by atoms with van der Waals surface area (Å²) in [6.45, 7) is 2.00. The Morgan fingerprint density at radius 1 is 1.31 bits per heavy atom. The Kier molecular flexibility index (Phi) is 5.02. The van der Waals surface area contributed by atoms with Crippen molar-refractivity contribution in [1.29, 1.82) is 5.26 Å². The molecule has 0 fully saturated rings. The number of rotatable bonds is 6. The first-order valence-electron chi connectivity index (χ1n) is 5.04. The Morgan fingerprint density at radius 2 is 2.00 bits per heavy atom. The van der Waals surface area contributed by atoms with Gasteiger partial charge in [0, 0.05) is 19.2 Å². The standard InChI is InChI=1S/C10H16N6/c1-16(2)6-5-13-10-7-9(12-4-3-11)14-8-15-10/h7-8H,4-6H2,1-2H3,(H2,12,13,14,15). The van der Waals surface area contributed by atoms with Crippen molar-refractivity contribution in [3.8, 4) is 6.07 Å². The second-order valence-electron chi connectivity index (χ2n) is 3.53. The number of likely N-dealkylation sites (N-methyl/N-ethyl adjacent to an activating group) is 1. The average Bonchev–Trinajstić information content (AvgIpc) is 2.26. The van der Waals surface area contributed by atoms with Gasteiger partial charge in [-0.2, -0.15) is 5.26 Å². The van der Waals surface area contributed by atoms with Crippen LogP contribution in [0.4, 0.5) is 11.6 Å². The molecule has 86 valence electrons. The van der Waals surface area contributed by atoms with Crippen molar-refractivity contribution in [2.75, 3.05) is 44.4 Å². The van der Waals surface area contributed by atoms with Crippen molar-refractivity contribution in [2.24, 2.45) is 0 Å². The first-order valence-corrected chi connectivity index (χ1v) is 5.04. The van der Waals surface area contributed by atoms with Crippen LogP contribution in [0.1, 0.15) is 0 Å². The van der Waals surface area contributed by atoms with Crippen molar-refractivity contribution in [3.05, 3.63) is 12.4 Å². The minimum Gasteiger partial charge on any atom is -0.369 e. The van der Waals surface area contributed by atoms with Gasteiger partial charge in [-0.3, -0.25) is 0 Å². The summed E-state index contributed by atoms with van der Waals surface area (Å²) in [5.74, 6) is 1.42. The van der Waals surface area contributed by atoms with E-state index in [4.69, 9.17) is 5.26 Å². The molecule has 6 nitrogen and oxygen atoms in total. The molecular formula is C10H16N6. The third-order valence-electron chi connectivity index (χ3n) is 1.88. The Bertz CT molecular complexity index is 357. The second-order valence-corrected chi connectivity index (χ2v) is 3.53. The lowest BCUT2D eigenvalue weighted by Gasteiger charge is -2.11. The summed E-state index contributed by atoms with van der Waals surface area (Å²) in [6, 6.07) is 3.78. The minimum atomic E-state index is 0.244. The molecule has 1 aromatic rings. The van der Waals surface area contributed by atoms with Crippen molar-refractivity contribution in [2.45, 2.75) is 0 Å². The lowest BCUT2D eigenvalue weighted by molar-refractivity contribution is 0.425. The summed E-state index contributed by atoms with van der Waals surface area (Å²) >= 11 is 0. The van der Waals surface area contributed by atoms with Gasteiger partial charge in [-0.05, 0) is 14.1 Å². The SMILES string of the molecule is CN(C)CCNc1cc(NCC#N)ncn1. The molecule has 0 aliphatic carbocycles. The molecule has 1 aromatic heterocycles. The van der Waals surface area contributed by atoms with Gasteiger partial charge in [0.1, 0.15) is 24.5 Å². The van der Waals surface area contributed by atoms with Gasteiger partial charge in [-0.1, -0.05) is 0 Å². The Balaban J connectivity index is 2.44. The summed E-state index contributed by atoms with van der Waals surface area (Å²) in [5.41, 5.74) is 0. The van der Waals surface area contributed by atoms with Crippen LogP contribution in [-0.2, 0) is 0 Å². The van der Waals surface area contributed by atoms with E-state index in [0.29, 0.717) is 5.82 Å². The number of anilines is 2. The van der Waals surface area contributed by atoms with Crippen LogP contribution in [0.15, 0.2) is 12.4 Å². The zero-order valence-electron chi connectivity index (χ0n) is 9.56. The fourth-order valence-electron chi connectivity index (χ4n) is 1.09. The van der Waals surface area contributed by atoms with Crippen molar-refractivity contribution < 1.29 is 0 Å². The molecular weight excluding hydrogens is 204 g/mol. The number of hydrogen-bond donors (Lipinski definition) is 2. The summed E-state index contributed by atoms with van der Waals surface area (Å²) < 4.78 is 0. The molecule has 0 aromatic carbocycles. The molecule has 0 unspecified atom stereocenters. The van der Waals surface area contributed by atoms with Gasteiger partial charge in [-0.25, -0.2) is 9.97 Å². The average molecular weight is 220 g/mol. The number of nitriles is 1. The first-order chi connectivity index (χ1) is 7.72. The van der Waals surface area contributed by atoms with E-state index in [2.05, 4.69) is 25.5 Å². The predicted molar refractivity (Wildman–Crippen MR) is 63.2 cm³/mol. The smallest absolute Gasteiger partial charge is 0.132 e. The van der Waals surface area contributed by atoms with E-state index in [-0.39, 0.29) is 6.54 Å². The van der Waals surface area contributed by atoms with E-state index >= 15 is 0 Å². The van der Waals surface area contributed by atoms with Crippen molar-refractivity contribution in [3.63, 3.8) is 0 Å². The van der Waals surface area contributed by atoms with Crippen LogP contribution in [0.3, 0.4) is 0 Å². The largest absolute Gasteiger partial charge is 0.369 e. The summed E-state index contributed by atoms with van der Waals surface area (Å²) in [7, 11) is 4.03. The van der Waals surface area contributed by atoms with Gasteiger partial charge in [-0.15, -0.1) is 0 Å². The van der Waals surface area contributed by atoms with Gasteiger partial charge in [0.15, 0.2) is 0 Å². The molecule has 0 saturated carbocycles. The lowest BCUT2D eigenvalue weighted by atomic mass is 10.5. The van der Waals surface area contributed by atoms with Gasteiger partial charge < -0.3 is 15.5 Å². The summed E-state index contributed by atoms with van der Waals surface area (Å²) in [6.07, 6.45) is 1.47. The first kappa shape index (κ1) is 12.2. The minimum absolute atomic E-state index is 0.244. The fraction of sp³-hybridized carbons (Fsp3) is 0.500. The molecule has 0 aliphatic heterocycles. The third kappa shape index (κ3) is 4.57. The molecule has 16 heavy (non-hydrogen) atoms. The second kappa shape index (κ2) is 6.58.